The second-order valence-electron chi connectivity index (χ2n) is 8.47. The molecule has 0 saturated carbocycles. The standard InChI is InChI=1S/C25H21F3N6O4S.2C2H6/c26-25(27,28)22-14-21(18-4-2-8-29-15-18)32-34(22)19-6-7-23(30-16-19)31-24(35)17-3-1-5-20(13-17)39(36,37)33-9-11-38-12-10-33;2*1-2/h1-8,13-16H,9-12H2,(H,30,31,35);2*1-2H3. The van der Waals surface area contributed by atoms with Crippen LogP contribution in [0.2, 0.25) is 0 Å². The predicted molar refractivity (Wildman–Crippen MR) is 156 cm³/mol. The number of rotatable bonds is 6. The minimum Gasteiger partial charge on any atom is -0.379 e. The molecule has 1 aliphatic rings. The number of alkyl halides is 3. The monoisotopic (exact) mass is 618 g/mol. The molecule has 1 saturated heterocycles. The van der Waals surface area contributed by atoms with Crippen molar-refractivity contribution in [2.45, 2.75) is 38.8 Å². The summed E-state index contributed by atoms with van der Waals surface area (Å²) < 4.78 is 74.2. The highest BCUT2D eigenvalue weighted by atomic mass is 32.2. The molecule has 4 aromatic rings. The largest absolute Gasteiger partial charge is 0.433 e. The Hall–Kier alpha value is -4.14. The number of morpholine rings is 1. The van der Waals surface area contributed by atoms with E-state index in [1.165, 1.54) is 53.1 Å². The van der Waals surface area contributed by atoms with Gasteiger partial charge in [-0.1, -0.05) is 33.8 Å². The number of sulfonamides is 1. The van der Waals surface area contributed by atoms with E-state index in [4.69, 9.17) is 4.74 Å². The maximum absolute atomic E-state index is 13.7. The van der Waals surface area contributed by atoms with Crippen LogP contribution < -0.4 is 5.32 Å². The van der Waals surface area contributed by atoms with Gasteiger partial charge in [0.15, 0.2) is 0 Å². The molecular formula is C29H33F3N6O4S. The van der Waals surface area contributed by atoms with Gasteiger partial charge in [0, 0.05) is 36.6 Å². The Balaban J connectivity index is 0.00000121. The summed E-state index contributed by atoms with van der Waals surface area (Å²) in [4.78, 5) is 20.8. The normalized spacial score (nSPS) is 13.7. The minimum atomic E-state index is -4.69. The number of ether oxygens (including phenoxy) is 1. The Bertz CT molecular complexity index is 1590. The molecule has 43 heavy (non-hydrogen) atoms. The van der Waals surface area contributed by atoms with E-state index in [1.807, 2.05) is 27.7 Å². The van der Waals surface area contributed by atoms with E-state index in [2.05, 4.69) is 20.4 Å². The van der Waals surface area contributed by atoms with Gasteiger partial charge in [0.2, 0.25) is 10.0 Å². The third-order valence-electron chi connectivity index (χ3n) is 5.90. The summed E-state index contributed by atoms with van der Waals surface area (Å²) >= 11 is 0. The first kappa shape index (κ1) is 33.4. The maximum atomic E-state index is 13.7. The summed E-state index contributed by atoms with van der Waals surface area (Å²) in [6.45, 7) is 9.00. The van der Waals surface area contributed by atoms with Crippen LogP contribution in [0.3, 0.4) is 0 Å². The average molecular weight is 619 g/mol. The van der Waals surface area contributed by atoms with E-state index in [-0.39, 0.29) is 54.0 Å². The van der Waals surface area contributed by atoms with Crippen LogP contribution in [0.15, 0.2) is 78.1 Å². The second-order valence-corrected chi connectivity index (χ2v) is 10.4. The molecule has 0 bridgehead atoms. The zero-order valence-corrected chi connectivity index (χ0v) is 25.0. The molecule has 1 N–H and O–H groups in total. The van der Waals surface area contributed by atoms with E-state index >= 15 is 0 Å². The number of aromatic nitrogens is 4. The van der Waals surface area contributed by atoms with Crippen LogP contribution in [0.25, 0.3) is 16.9 Å². The number of halogens is 3. The molecule has 3 aromatic heterocycles. The third-order valence-corrected chi connectivity index (χ3v) is 7.79. The Kier molecular flexibility index (Phi) is 11.5. The molecule has 0 aliphatic carbocycles. The van der Waals surface area contributed by atoms with Crippen molar-refractivity contribution in [2.75, 3.05) is 31.6 Å². The SMILES string of the molecule is CC.CC.O=C(Nc1ccc(-n2nc(-c3cccnc3)cc2C(F)(F)F)cn1)c1cccc(S(=O)(=O)N2CCOCC2)c1. The van der Waals surface area contributed by atoms with Crippen molar-refractivity contribution in [3.8, 4) is 16.9 Å². The summed E-state index contributed by atoms with van der Waals surface area (Å²) in [5.74, 6) is -0.582. The minimum absolute atomic E-state index is 0.0223. The van der Waals surface area contributed by atoms with Gasteiger partial charge in [0.05, 0.1) is 35.7 Å². The van der Waals surface area contributed by atoms with Crippen LogP contribution in [0.5, 0.6) is 0 Å². The van der Waals surface area contributed by atoms with Gasteiger partial charge in [0.25, 0.3) is 5.91 Å². The first-order valence-electron chi connectivity index (χ1n) is 13.7. The predicted octanol–water partition coefficient (Wildman–Crippen LogP) is 5.67. The van der Waals surface area contributed by atoms with Crippen LogP contribution in [0.1, 0.15) is 43.7 Å². The fourth-order valence-electron chi connectivity index (χ4n) is 3.94. The number of nitrogens with zero attached hydrogens (tertiary/aromatic N) is 5. The van der Waals surface area contributed by atoms with Crippen LogP contribution in [-0.4, -0.2) is 64.7 Å². The Morgan fingerprint density at radius 2 is 1.67 bits per heavy atom. The average Bonchev–Trinajstić information content (AvgIpc) is 3.51. The summed E-state index contributed by atoms with van der Waals surface area (Å²) in [5, 5.41) is 6.62. The first-order chi connectivity index (χ1) is 20.6. The number of hydrogen-bond donors (Lipinski definition) is 1. The Labute approximate surface area is 248 Å². The van der Waals surface area contributed by atoms with Crippen molar-refractivity contribution in [1.29, 1.82) is 0 Å². The molecule has 1 amide bonds. The number of amides is 1. The van der Waals surface area contributed by atoms with Gasteiger partial charge in [-0.15, -0.1) is 0 Å². The molecule has 1 aliphatic heterocycles. The van der Waals surface area contributed by atoms with Gasteiger partial charge in [-0.05, 0) is 48.5 Å². The number of carbonyl (C=O) groups is 1. The van der Waals surface area contributed by atoms with Gasteiger partial charge in [-0.25, -0.2) is 18.1 Å². The number of carbonyl (C=O) groups excluding carboxylic acids is 1. The number of hydrogen-bond acceptors (Lipinski definition) is 7. The zero-order valence-electron chi connectivity index (χ0n) is 24.2. The van der Waals surface area contributed by atoms with E-state index in [9.17, 15) is 26.4 Å². The van der Waals surface area contributed by atoms with Gasteiger partial charge < -0.3 is 10.1 Å². The van der Waals surface area contributed by atoms with Crippen LogP contribution in [-0.2, 0) is 20.9 Å². The number of pyridine rings is 2. The number of benzene rings is 1. The van der Waals surface area contributed by atoms with Crippen molar-refractivity contribution in [1.82, 2.24) is 24.1 Å². The van der Waals surface area contributed by atoms with Crippen LogP contribution >= 0.6 is 0 Å². The van der Waals surface area contributed by atoms with Crippen LogP contribution in [0, 0.1) is 0 Å². The first-order valence-corrected chi connectivity index (χ1v) is 15.1. The Morgan fingerprint density at radius 1 is 0.953 bits per heavy atom. The lowest BCUT2D eigenvalue weighted by Gasteiger charge is -2.26. The highest BCUT2D eigenvalue weighted by Crippen LogP contribution is 2.34. The lowest BCUT2D eigenvalue weighted by atomic mass is 10.2. The number of nitrogens with one attached hydrogen (secondary N) is 1. The fraction of sp³-hybridized carbons (Fsp3) is 0.310. The van der Waals surface area contributed by atoms with Crippen molar-refractivity contribution < 1.29 is 31.1 Å². The molecule has 1 fully saturated rings. The molecule has 230 valence electrons. The second kappa shape index (κ2) is 14.8. The zero-order chi connectivity index (χ0) is 31.6. The van der Waals surface area contributed by atoms with Crippen molar-refractivity contribution in [3.05, 3.63) is 84.4 Å². The summed E-state index contributed by atoms with van der Waals surface area (Å²) in [7, 11) is -3.81. The summed E-state index contributed by atoms with van der Waals surface area (Å²) in [5.41, 5.74) is -0.411. The molecule has 0 unspecified atom stereocenters. The summed E-state index contributed by atoms with van der Waals surface area (Å²) in [6, 6.07) is 12.3. The Morgan fingerprint density at radius 3 is 2.28 bits per heavy atom. The van der Waals surface area contributed by atoms with Gasteiger partial charge >= 0.3 is 6.18 Å². The molecule has 1 aromatic carbocycles. The van der Waals surface area contributed by atoms with Crippen LogP contribution in [0.4, 0.5) is 19.0 Å². The molecule has 0 spiro atoms. The van der Waals surface area contributed by atoms with E-state index in [1.54, 1.807) is 12.1 Å². The van der Waals surface area contributed by atoms with Crippen molar-refractivity contribution >= 4 is 21.7 Å². The maximum Gasteiger partial charge on any atom is 0.433 e. The van der Waals surface area contributed by atoms with Gasteiger partial charge in [-0.2, -0.15) is 22.6 Å². The van der Waals surface area contributed by atoms with Gasteiger partial charge in [-0.3, -0.25) is 9.78 Å². The van der Waals surface area contributed by atoms with Gasteiger partial charge in [0.1, 0.15) is 11.5 Å². The molecule has 14 heteroatoms. The van der Waals surface area contributed by atoms with E-state index in [0.29, 0.717) is 5.56 Å². The van der Waals surface area contributed by atoms with E-state index < -0.39 is 27.8 Å². The molecular weight excluding hydrogens is 585 g/mol. The summed E-state index contributed by atoms with van der Waals surface area (Å²) in [6.07, 6.45) is -0.636. The molecule has 0 radical (unpaired) electrons. The highest BCUT2D eigenvalue weighted by Gasteiger charge is 2.36. The topological polar surface area (TPSA) is 119 Å². The molecule has 10 nitrogen and oxygen atoms in total. The lowest BCUT2D eigenvalue weighted by molar-refractivity contribution is -0.142. The molecule has 5 rings (SSSR count). The third kappa shape index (κ3) is 8.03. The lowest BCUT2D eigenvalue weighted by Crippen LogP contribution is -2.40. The fourth-order valence-corrected chi connectivity index (χ4v) is 5.40. The highest BCUT2D eigenvalue weighted by molar-refractivity contribution is 7.89. The van der Waals surface area contributed by atoms with E-state index in [0.717, 1.165) is 16.9 Å². The quantitative estimate of drug-likeness (QED) is 0.296. The smallest absolute Gasteiger partial charge is 0.379 e. The number of anilines is 1. The van der Waals surface area contributed by atoms with Crippen molar-refractivity contribution in [2.24, 2.45) is 0 Å². The molecule has 4 heterocycles. The van der Waals surface area contributed by atoms with Crippen molar-refractivity contribution in [3.63, 3.8) is 0 Å². The molecule has 0 atom stereocenters.